The van der Waals surface area contributed by atoms with Crippen LogP contribution in [0.15, 0.2) is 60.2 Å². The molecule has 35 heavy (non-hydrogen) atoms. The highest BCUT2D eigenvalue weighted by Gasteiger charge is 2.49. The van der Waals surface area contributed by atoms with Crippen LogP contribution in [-0.2, 0) is 6.54 Å². The van der Waals surface area contributed by atoms with Crippen LogP contribution in [0.1, 0.15) is 66.9 Å². The Morgan fingerprint density at radius 2 is 1.71 bits per heavy atom. The molecule has 1 spiro atoms. The smallest absolute Gasteiger partial charge is 0.335 e. The zero-order valence-electron chi connectivity index (χ0n) is 20.5. The van der Waals surface area contributed by atoms with Gasteiger partial charge in [-0.2, -0.15) is 0 Å². The summed E-state index contributed by atoms with van der Waals surface area (Å²) in [4.78, 5) is 13.6. The van der Waals surface area contributed by atoms with E-state index < -0.39 is 5.97 Å². The molecule has 2 aromatic rings. The van der Waals surface area contributed by atoms with E-state index in [4.69, 9.17) is 5.11 Å². The van der Waals surface area contributed by atoms with E-state index in [1.54, 1.807) is 17.7 Å². The maximum atomic E-state index is 11.0. The van der Waals surface area contributed by atoms with Gasteiger partial charge in [-0.05, 0) is 86.2 Å². The van der Waals surface area contributed by atoms with E-state index in [0.29, 0.717) is 23.1 Å². The van der Waals surface area contributed by atoms with E-state index in [-0.39, 0.29) is 24.8 Å². The first kappa shape index (κ1) is 27.7. The SMILES string of the molecule is CC/C(=C\c1ccccc1)C1CC1NC1CC2(CCN(Cc3ccc(C(=O)O)cc3)CC2)C1.Cl.Cl. The molecular weight excluding hydrogens is 479 g/mol. The maximum absolute atomic E-state index is 11.0. The number of hydrogen-bond donors (Lipinski definition) is 2. The second kappa shape index (κ2) is 11.9. The normalized spacial score (nSPS) is 23.6. The minimum Gasteiger partial charge on any atom is -0.478 e. The average Bonchev–Trinajstić information content (AvgIpc) is 3.58. The summed E-state index contributed by atoms with van der Waals surface area (Å²) in [6, 6.07) is 19.5. The number of piperidine rings is 1. The number of nitrogens with zero attached hydrogens (tertiary/aromatic N) is 1. The Morgan fingerprint density at radius 1 is 1.06 bits per heavy atom. The lowest BCUT2D eigenvalue weighted by Crippen LogP contribution is -2.54. The fourth-order valence-electron chi connectivity index (χ4n) is 6.03. The van der Waals surface area contributed by atoms with Crippen LogP contribution >= 0.6 is 24.8 Å². The monoisotopic (exact) mass is 516 g/mol. The lowest BCUT2D eigenvalue weighted by Gasteiger charge is -2.52. The van der Waals surface area contributed by atoms with Gasteiger partial charge in [-0.15, -0.1) is 24.8 Å². The number of carbonyl (C=O) groups is 1. The summed E-state index contributed by atoms with van der Waals surface area (Å²) >= 11 is 0. The number of benzene rings is 2. The topological polar surface area (TPSA) is 52.6 Å². The predicted octanol–water partition coefficient (Wildman–Crippen LogP) is 6.44. The lowest BCUT2D eigenvalue weighted by molar-refractivity contribution is 0.00296. The van der Waals surface area contributed by atoms with Crippen LogP contribution in [0.5, 0.6) is 0 Å². The first-order valence-electron chi connectivity index (χ1n) is 12.6. The van der Waals surface area contributed by atoms with Crippen molar-refractivity contribution in [3.63, 3.8) is 0 Å². The molecule has 4 nitrogen and oxygen atoms in total. The molecule has 0 bridgehead atoms. The maximum Gasteiger partial charge on any atom is 0.335 e. The summed E-state index contributed by atoms with van der Waals surface area (Å²) < 4.78 is 0. The third-order valence-corrected chi connectivity index (χ3v) is 8.16. The van der Waals surface area contributed by atoms with Crippen molar-refractivity contribution >= 4 is 36.9 Å². The molecule has 0 radical (unpaired) electrons. The van der Waals surface area contributed by atoms with Crippen molar-refractivity contribution in [2.24, 2.45) is 11.3 Å². The number of aromatic carboxylic acids is 1. The van der Waals surface area contributed by atoms with E-state index in [1.807, 2.05) is 12.1 Å². The van der Waals surface area contributed by atoms with Crippen molar-refractivity contribution in [2.75, 3.05) is 13.1 Å². The van der Waals surface area contributed by atoms with Gasteiger partial charge in [0.1, 0.15) is 0 Å². The van der Waals surface area contributed by atoms with Gasteiger partial charge in [0, 0.05) is 18.6 Å². The molecule has 3 fully saturated rings. The molecule has 2 N–H and O–H groups in total. The number of carboxylic acid groups (broad SMARTS) is 1. The van der Waals surface area contributed by atoms with Crippen molar-refractivity contribution in [1.82, 2.24) is 10.2 Å². The minimum atomic E-state index is -0.856. The Kier molecular flexibility index (Phi) is 9.45. The van der Waals surface area contributed by atoms with Gasteiger partial charge in [0.25, 0.3) is 0 Å². The van der Waals surface area contributed by atoms with Gasteiger partial charge in [-0.1, -0.05) is 61.0 Å². The van der Waals surface area contributed by atoms with Crippen LogP contribution in [0, 0.1) is 11.3 Å². The fraction of sp³-hybridized carbons (Fsp3) is 0.483. The lowest BCUT2D eigenvalue weighted by atomic mass is 9.60. The molecule has 2 saturated carbocycles. The Labute approximate surface area is 222 Å². The summed E-state index contributed by atoms with van der Waals surface area (Å²) in [5, 5.41) is 13.0. The predicted molar refractivity (Wildman–Crippen MR) is 148 cm³/mol. The quantitative estimate of drug-likeness (QED) is 0.423. The molecule has 1 heterocycles. The van der Waals surface area contributed by atoms with Crippen LogP contribution in [0.3, 0.4) is 0 Å². The second-order valence-electron chi connectivity index (χ2n) is 10.5. The zero-order chi connectivity index (χ0) is 22.8. The number of likely N-dealkylation sites (tertiary alicyclic amines) is 1. The van der Waals surface area contributed by atoms with Gasteiger partial charge < -0.3 is 10.4 Å². The van der Waals surface area contributed by atoms with Crippen molar-refractivity contribution < 1.29 is 9.90 Å². The number of carboxylic acids is 1. The second-order valence-corrected chi connectivity index (χ2v) is 10.5. The fourth-order valence-corrected chi connectivity index (χ4v) is 6.03. The summed E-state index contributed by atoms with van der Waals surface area (Å²) in [5.41, 5.74) is 5.05. The van der Waals surface area contributed by atoms with Gasteiger partial charge >= 0.3 is 5.97 Å². The highest BCUT2D eigenvalue weighted by Crippen LogP contribution is 2.51. The highest BCUT2D eigenvalue weighted by atomic mass is 35.5. The molecule has 5 rings (SSSR count). The average molecular weight is 518 g/mol. The number of rotatable bonds is 8. The number of hydrogen-bond acceptors (Lipinski definition) is 3. The molecule has 0 aromatic heterocycles. The third kappa shape index (κ3) is 6.68. The molecule has 2 aliphatic carbocycles. The minimum absolute atomic E-state index is 0. The van der Waals surface area contributed by atoms with Crippen LogP contribution in [0.25, 0.3) is 6.08 Å². The van der Waals surface area contributed by atoms with Crippen LogP contribution in [0.4, 0.5) is 0 Å². The molecule has 2 unspecified atom stereocenters. The molecule has 2 aromatic carbocycles. The molecule has 0 amide bonds. The Morgan fingerprint density at radius 3 is 2.31 bits per heavy atom. The van der Waals surface area contributed by atoms with Crippen LogP contribution < -0.4 is 5.32 Å². The van der Waals surface area contributed by atoms with Gasteiger partial charge in [0.15, 0.2) is 0 Å². The Balaban J connectivity index is 0.00000171. The van der Waals surface area contributed by atoms with Crippen LogP contribution in [0.2, 0.25) is 0 Å². The van der Waals surface area contributed by atoms with Gasteiger partial charge in [-0.25, -0.2) is 4.79 Å². The van der Waals surface area contributed by atoms with Crippen molar-refractivity contribution in [1.29, 1.82) is 0 Å². The van der Waals surface area contributed by atoms with Gasteiger partial charge in [0.05, 0.1) is 5.56 Å². The van der Waals surface area contributed by atoms with Crippen LogP contribution in [-0.4, -0.2) is 41.1 Å². The summed E-state index contributed by atoms with van der Waals surface area (Å²) in [6.45, 7) is 5.52. The molecule has 1 aliphatic heterocycles. The first-order valence-corrected chi connectivity index (χ1v) is 12.6. The summed E-state index contributed by atoms with van der Waals surface area (Å²) in [6.07, 6.45) is 10.1. The third-order valence-electron chi connectivity index (χ3n) is 8.16. The summed E-state index contributed by atoms with van der Waals surface area (Å²) in [7, 11) is 0. The number of nitrogens with one attached hydrogen (secondary N) is 1. The molecule has 3 aliphatic rings. The largest absolute Gasteiger partial charge is 0.478 e. The zero-order valence-corrected chi connectivity index (χ0v) is 22.1. The van der Waals surface area contributed by atoms with Crippen molar-refractivity contribution in [3.05, 3.63) is 76.9 Å². The van der Waals surface area contributed by atoms with E-state index in [1.165, 1.54) is 43.2 Å². The van der Waals surface area contributed by atoms with Gasteiger partial charge in [-0.3, -0.25) is 4.90 Å². The van der Waals surface area contributed by atoms with E-state index in [2.05, 4.69) is 53.5 Å². The van der Waals surface area contributed by atoms with E-state index in [0.717, 1.165) is 32.0 Å². The van der Waals surface area contributed by atoms with Gasteiger partial charge in [0.2, 0.25) is 0 Å². The van der Waals surface area contributed by atoms with Crippen molar-refractivity contribution in [3.8, 4) is 0 Å². The standard InChI is InChI=1S/C29H36N2O2.2ClH/c1-2-23(16-21-6-4-3-5-7-21)26-17-27(26)30-25-18-29(19-25)12-14-31(15-13-29)20-22-8-10-24(11-9-22)28(32)33;;/h3-11,16,25-27,30H,2,12-15,17-20H2,1H3,(H,32,33);2*1H/b23-16+;;. The highest BCUT2D eigenvalue weighted by molar-refractivity contribution is 5.87. The van der Waals surface area contributed by atoms with E-state index >= 15 is 0 Å². The Bertz CT molecular complexity index is 993. The molecule has 190 valence electrons. The summed E-state index contributed by atoms with van der Waals surface area (Å²) in [5.74, 6) is -0.133. The molecule has 1 saturated heterocycles. The van der Waals surface area contributed by atoms with Crippen molar-refractivity contribution in [2.45, 2.75) is 64.1 Å². The Hall–Kier alpha value is -1.85. The van der Waals surface area contributed by atoms with E-state index in [9.17, 15) is 4.79 Å². The first-order chi connectivity index (χ1) is 16.0. The number of halogens is 2. The molecular formula is C29H38Cl2N2O2. The molecule has 2 atom stereocenters. The molecule has 6 heteroatoms.